The predicted molar refractivity (Wildman–Crippen MR) is 94.0 cm³/mol. The lowest BCUT2D eigenvalue weighted by molar-refractivity contribution is -0.149. The molecule has 1 heterocycles. The Kier molecular flexibility index (Phi) is 5.51. The normalized spacial score (nSPS) is 12.8. The third-order valence-corrected chi connectivity index (χ3v) is 3.88. The molecule has 0 aliphatic carbocycles. The van der Waals surface area contributed by atoms with Crippen LogP contribution in [0.2, 0.25) is 5.02 Å². The number of nitrogens with one attached hydrogen (secondary N) is 1. The van der Waals surface area contributed by atoms with E-state index in [-0.39, 0.29) is 6.61 Å². The first kappa shape index (κ1) is 18.3. The quantitative estimate of drug-likeness (QED) is 0.783. The van der Waals surface area contributed by atoms with Gasteiger partial charge in [0.1, 0.15) is 5.82 Å². The van der Waals surface area contributed by atoms with Crippen LogP contribution in [0.4, 0.5) is 5.82 Å². The van der Waals surface area contributed by atoms with E-state index >= 15 is 0 Å². The summed E-state index contributed by atoms with van der Waals surface area (Å²) in [4.78, 5) is 12.1. The van der Waals surface area contributed by atoms with E-state index in [0.29, 0.717) is 16.5 Å². The number of aliphatic hydroxyl groups is 1. The molecular weight excluding hydrogens is 330 g/mol. The monoisotopic (exact) mass is 351 g/mol. The van der Waals surface area contributed by atoms with E-state index < -0.39 is 17.6 Å². The highest BCUT2D eigenvalue weighted by atomic mass is 35.5. The summed E-state index contributed by atoms with van der Waals surface area (Å²) in [5.41, 5.74) is 0.156. The molecule has 0 saturated heterocycles. The van der Waals surface area contributed by atoms with Crippen LogP contribution in [-0.2, 0) is 16.6 Å². The van der Waals surface area contributed by atoms with Gasteiger partial charge in [-0.3, -0.25) is 4.68 Å². The van der Waals surface area contributed by atoms with Gasteiger partial charge in [-0.2, -0.15) is 5.10 Å². The van der Waals surface area contributed by atoms with Gasteiger partial charge in [-0.25, -0.2) is 4.79 Å². The average Bonchev–Trinajstić information content (AvgIpc) is 2.85. The van der Waals surface area contributed by atoms with Gasteiger partial charge in [0, 0.05) is 18.7 Å². The molecule has 2 rings (SSSR count). The summed E-state index contributed by atoms with van der Waals surface area (Å²) < 4.78 is 6.63. The van der Waals surface area contributed by atoms with Gasteiger partial charge >= 0.3 is 5.97 Å². The second-order valence-electron chi connectivity index (χ2n) is 6.00. The third kappa shape index (κ3) is 4.07. The number of aryl methyl sites for hydroxylation is 1. The van der Waals surface area contributed by atoms with E-state index in [9.17, 15) is 9.90 Å². The molecule has 0 radical (unpaired) electrons. The van der Waals surface area contributed by atoms with E-state index in [1.807, 2.05) is 18.2 Å². The maximum atomic E-state index is 12.1. The molecule has 24 heavy (non-hydrogen) atoms. The van der Waals surface area contributed by atoms with Crippen molar-refractivity contribution >= 4 is 23.4 Å². The molecule has 6 nitrogen and oxygen atoms in total. The van der Waals surface area contributed by atoms with Gasteiger partial charge in [0.05, 0.1) is 22.9 Å². The lowest BCUT2D eigenvalue weighted by Gasteiger charge is -2.28. The number of benzene rings is 1. The number of carbonyl (C=O) groups is 1. The zero-order valence-corrected chi connectivity index (χ0v) is 15.0. The zero-order valence-electron chi connectivity index (χ0n) is 14.2. The number of ether oxygens (including phenoxy) is 1. The summed E-state index contributed by atoms with van der Waals surface area (Å²) in [5.74, 6) is 0.0515. The summed E-state index contributed by atoms with van der Waals surface area (Å²) in [6, 6.07) is 8.23. The second kappa shape index (κ2) is 7.23. The maximum absolute atomic E-state index is 12.1. The van der Waals surface area contributed by atoms with Crippen molar-refractivity contribution in [3.8, 4) is 11.3 Å². The largest absolute Gasteiger partial charge is 0.464 e. The van der Waals surface area contributed by atoms with Crippen molar-refractivity contribution in [3.05, 3.63) is 35.4 Å². The summed E-state index contributed by atoms with van der Waals surface area (Å²) in [5, 5.41) is 18.3. The number of carbonyl (C=O) groups excluding carboxylic acids is 1. The van der Waals surface area contributed by atoms with E-state index in [1.54, 1.807) is 44.6 Å². The summed E-state index contributed by atoms with van der Waals surface area (Å²) in [6.45, 7) is 5.06. The molecule has 0 aliphatic heterocycles. The molecule has 0 saturated carbocycles. The highest BCUT2D eigenvalue weighted by Crippen LogP contribution is 2.29. The Hall–Kier alpha value is -2.05. The Morgan fingerprint density at radius 3 is 2.71 bits per heavy atom. The van der Waals surface area contributed by atoms with Gasteiger partial charge in [-0.05, 0) is 26.8 Å². The standard InChI is InChI=1S/C17H22ClN3O3/c1-5-24-16(22)15(17(2,3)23)19-14-10-13(20-21(14)4)11-8-6-7-9-12(11)18/h6-10,15,19,23H,5H2,1-4H3. The number of aromatic nitrogens is 2. The molecule has 1 aromatic heterocycles. The van der Waals surface area contributed by atoms with Crippen LogP contribution in [0.1, 0.15) is 20.8 Å². The van der Waals surface area contributed by atoms with Crippen LogP contribution in [0.25, 0.3) is 11.3 Å². The third-order valence-electron chi connectivity index (χ3n) is 3.55. The van der Waals surface area contributed by atoms with Gasteiger partial charge in [0.15, 0.2) is 6.04 Å². The number of nitrogens with zero attached hydrogens (tertiary/aromatic N) is 2. The molecule has 0 spiro atoms. The number of anilines is 1. The summed E-state index contributed by atoms with van der Waals surface area (Å²) in [6.07, 6.45) is 0. The molecule has 0 aliphatic rings. The molecule has 1 atom stereocenters. The minimum absolute atomic E-state index is 0.239. The van der Waals surface area contributed by atoms with Gasteiger partial charge in [-0.1, -0.05) is 29.8 Å². The Morgan fingerprint density at radius 1 is 1.46 bits per heavy atom. The number of esters is 1. The fourth-order valence-corrected chi connectivity index (χ4v) is 2.53. The van der Waals surface area contributed by atoms with Crippen LogP contribution < -0.4 is 5.32 Å². The van der Waals surface area contributed by atoms with Crippen LogP contribution in [0.5, 0.6) is 0 Å². The maximum Gasteiger partial charge on any atom is 0.331 e. The second-order valence-corrected chi connectivity index (χ2v) is 6.41. The van der Waals surface area contributed by atoms with Crippen molar-refractivity contribution in [1.82, 2.24) is 9.78 Å². The topological polar surface area (TPSA) is 76.4 Å². The van der Waals surface area contributed by atoms with Crippen LogP contribution >= 0.6 is 11.6 Å². The van der Waals surface area contributed by atoms with Crippen molar-refractivity contribution in [3.63, 3.8) is 0 Å². The Labute approximate surface area is 146 Å². The van der Waals surface area contributed by atoms with Gasteiger partial charge < -0.3 is 15.2 Å². The van der Waals surface area contributed by atoms with Crippen LogP contribution in [0.3, 0.4) is 0 Å². The lowest BCUT2D eigenvalue weighted by Crippen LogP contribution is -2.48. The van der Waals surface area contributed by atoms with Gasteiger partial charge in [0.25, 0.3) is 0 Å². The zero-order chi connectivity index (χ0) is 17.9. The molecule has 7 heteroatoms. The highest BCUT2D eigenvalue weighted by molar-refractivity contribution is 6.33. The number of halogens is 1. The van der Waals surface area contributed by atoms with Crippen molar-refractivity contribution in [2.24, 2.45) is 7.05 Å². The highest BCUT2D eigenvalue weighted by Gasteiger charge is 2.35. The van der Waals surface area contributed by atoms with E-state index in [4.69, 9.17) is 16.3 Å². The predicted octanol–water partition coefficient (Wildman–Crippen LogP) is 2.86. The minimum atomic E-state index is -1.30. The Morgan fingerprint density at radius 2 is 2.12 bits per heavy atom. The smallest absolute Gasteiger partial charge is 0.331 e. The fourth-order valence-electron chi connectivity index (χ4n) is 2.30. The molecular formula is C17H22ClN3O3. The van der Waals surface area contributed by atoms with Crippen molar-refractivity contribution in [2.45, 2.75) is 32.4 Å². The SMILES string of the molecule is CCOC(=O)C(Nc1cc(-c2ccccc2Cl)nn1C)C(C)(C)O. The van der Waals surface area contributed by atoms with Crippen LogP contribution in [0, 0.1) is 0 Å². The first-order chi connectivity index (χ1) is 11.2. The van der Waals surface area contributed by atoms with Crippen LogP contribution in [-0.4, -0.2) is 39.1 Å². The first-order valence-corrected chi connectivity index (χ1v) is 8.06. The van der Waals surface area contributed by atoms with Gasteiger partial charge in [-0.15, -0.1) is 0 Å². The average molecular weight is 352 g/mol. The summed E-state index contributed by atoms with van der Waals surface area (Å²) in [7, 11) is 1.75. The van der Waals surface area contributed by atoms with E-state index in [1.165, 1.54) is 0 Å². The Bertz CT molecular complexity index is 722. The number of hydrogen-bond acceptors (Lipinski definition) is 5. The molecule has 130 valence electrons. The van der Waals surface area contributed by atoms with Crippen LogP contribution in [0.15, 0.2) is 30.3 Å². The molecule has 0 fully saturated rings. The first-order valence-electron chi connectivity index (χ1n) is 7.68. The molecule has 0 amide bonds. The minimum Gasteiger partial charge on any atom is -0.464 e. The van der Waals surface area contributed by atoms with E-state index in [0.717, 1.165) is 5.56 Å². The molecule has 2 N–H and O–H groups in total. The molecule has 1 unspecified atom stereocenters. The van der Waals surface area contributed by atoms with Crippen molar-refractivity contribution < 1.29 is 14.6 Å². The fraction of sp³-hybridized carbons (Fsp3) is 0.412. The van der Waals surface area contributed by atoms with Gasteiger partial charge in [0.2, 0.25) is 0 Å². The van der Waals surface area contributed by atoms with Crippen molar-refractivity contribution in [2.75, 3.05) is 11.9 Å². The number of hydrogen-bond donors (Lipinski definition) is 2. The van der Waals surface area contributed by atoms with E-state index in [2.05, 4.69) is 10.4 Å². The molecule has 1 aromatic carbocycles. The van der Waals surface area contributed by atoms with Crippen molar-refractivity contribution in [1.29, 1.82) is 0 Å². The summed E-state index contributed by atoms with van der Waals surface area (Å²) >= 11 is 6.21. The number of rotatable bonds is 6. The molecule has 0 bridgehead atoms. The Balaban J connectivity index is 2.32. The lowest BCUT2D eigenvalue weighted by atomic mass is 9.99. The molecule has 2 aromatic rings.